The molecule has 0 bridgehead atoms. The van der Waals surface area contributed by atoms with Crippen molar-refractivity contribution in [3.8, 4) is 17.0 Å². The molecule has 0 aliphatic carbocycles. The van der Waals surface area contributed by atoms with Gasteiger partial charge in [-0.3, -0.25) is 9.20 Å². The van der Waals surface area contributed by atoms with Crippen LogP contribution in [0.3, 0.4) is 0 Å². The van der Waals surface area contributed by atoms with Gasteiger partial charge >= 0.3 is 0 Å². The third-order valence-corrected chi connectivity index (χ3v) is 4.11. The number of methoxy groups -OCH3 is 1. The number of pyridine rings is 1. The molecule has 3 aromatic rings. The lowest BCUT2D eigenvalue weighted by molar-refractivity contribution is -0.128. The highest BCUT2D eigenvalue weighted by Crippen LogP contribution is 2.28. The van der Waals surface area contributed by atoms with Gasteiger partial charge in [-0.25, -0.2) is 4.98 Å². The van der Waals surface area contributed by atoms with Gasteiger partial charge in [0.05, 0.1) is 31.1 Å². The molecule has 1 amide bonds. The number of imidazole rings is 1. The van der Waals surface area contributed by atoms with Crippen LogP contribution in [0.25, 0.3) is 16.9 Å². The summed E-state index contributed by atoms with van der Waals surface area (Å²) in [4.78, 5) is 18.5. The summed E-state index contributed by atoms with van der Waals surface area (Å²) < 4.78 is 7.21. The van der Waals surface area contributed by atoms with Crippen LogP contribution in [0.15, 0.2) is 42.6 Å². The van der Waals surface area contributed by atoms with Gasteiger partial charge in [-0.1, -0.05) is 23.7 Å². The minimum Gasteiger partial charge on any atom is -0.495 e. The third kappa shape index (κ3) is 3.08. The number of amides is 1. The number of hydrogen-bond acceptors (Lipinski definition) is 3. The summed E-state index contributed by atoms with van der Waals surface area (Å²) in [6.45, 7) is 0. The molecule has 0 unspecified atom stereocenters. The van der Waals surface area contributed by atoms with Crippen molar-refractivity contribution in [2.75, 3.05) is 21.2 Å². The number of benzene rings is 1. The lowest BCUT2D eigenvalue weighted by Crippen LogP contribution is -2.24. The van der Waals surface area contributed by atoms with E-state index in [1.165, 1.54) is 0 Å². The molecule has 2 aromatic heterocycles. The summed E-state index contributed by atoms with van der Waals surface area (Å²) >= 11 is 5.98. The fourth-order valence-corrected chi connectivity index (χ4v) is 2.63. The first-order chi connectivity index (χ1) is 11.5. The van der Waals surface area contributed by atoms with Crippen LogP contribution in [0.1, 0.15) is 5.69 Å². The van der Waals surface area contributed by atoms with E-state index < -0.39 is 0 Å². The fraction of sp³-hybridized carbons (Fsp3) is 0.222. The number of nitrogens with zero attached hydrogens (tertiary/aromatic N) is 3. The molecule has 2 heterocycles. The van der Waals surface area contributed by atoms with Crippen LogP contribution < -0.4 is 4.74 Å². The van der Waals surface area contributed by atoms with Crippen molar-refractivity contribution in [3.05, 3.63) is 53.3 Å². The van der Waals surface area contributed by atoms with E-state index in [0.717, 1.165) is 22.6 Å². The van der Waals surface area contributed by atoms with Crippen molar-refractivity contribution in [2.45, 2.75) is 6.42 Å². The van der Waals surface area contributed by atoms with E-state index in [9.17, 15) is 4.79 Å². The molecule has 6 heteroatoms. The van der Waals surface area contributed by atoms with Crippen LogP contribution >= 0.6 is 11.6 Å². The highest BCUT2D eigenvalue weighted by Gasteiger charge is 2.18. The Bertz CT molecular complexity index is 885. The SMILES string of the molecule is COc1ccc2nc(-c3ccc(Cl)cc3)c(CC(=O)N(C)C)n2c1. The van der Waals surface area contributed by atoms with Gasteiger partial charge < -0.3 is 9.64 Å². The smallest absolute Gasteiger partial charge is 0.228 e. The summed E-state index contributed by atoms with van der Waals surface area (Å²) in [5.41, 5.74) is 3.28. The topological polar surface area (TPSA) is 46.8 Å². The molecule has 1 aromatic carbocycles. The molecule has 0 saturated carbocycles. The number of likely N-dealkylation sites (N-methyl/N-ethyl adjacent to an activating group) is 1. The Morgan fingerprint density at radius 1 is 1.21 bits per heavy atom. The van der Waals surface area contributed by atoms with Crippen molar-refractivity contribution >= 4 is 23.2 Å². The van der Waals surface area contributed by atoms with Gasteiger partial charge in [0.15, 0.2) is 0 Å². The molecule has 0 aliphatic rings. The monoisotopic (exact) mass is 343 g/mol. The predicted molar refractivity (Wildman–Crippen MR) is 94.6 cm³/mol. The van der Waals surface area contributed by atoms with Gasteiger partial charge in [0, 0.05) is 24.7 Å². The molecule has 5 nitrogen and oxygen atoms in total. The molecule has 24 heavy (non-hydrogen) atoms. The van der Waals surface area contributed by atoms with Crippen molar-refractivity contribution in [1.29, 1.82) is 0 Å². The first kappa shape index (κ1) is 16.3. The van der Waals surface area contributed by atoms with Gasteiger partial charge in [0.2, 0.25) is 5.91 Å². The summed E-state index contributed by atoms with van der Waals surface area (Å²) in [6, 6.07) is 11.2. The number of rotatable bonds is 4. The number of carbonyl (C=O) groups excluding carboxylic acids is 1. The van der Waals surface area contributed by atoms with Crippen molar-refractivity contribution < 1.29 is 9.53 Å². The minimum atomic E-state index is 0.00911. The van der Waals surface area contributed by atoms with Crippen LogP contribution in [0.2, 0.25) is 5.02 Å². The number of ether oxygens (including phenoxy) is 1. The second kappa shape index (κ2) is 6.53. The van der Waals surface area contributed by atoms with E-state index in [1.807, 2.05) is 47.0 Å². The summed E-state index contributed by atoms with van der Waals surface area (Å²) in [6.07, 6.45) is 2.10. The zero-order chi connectivity index (χ0) is 17.3. The van der Waals surface area contributed by atoms with Gasteiger partial charge in [-0.15, -0.1) is 0 Å². The van der Waals surface area contributed by atoms with E-state index in [1.54, 1.807) is 26.1 Å². The largest absolute Gasteiger partial charge is 0.495 e. The Balaban J connectivity index is 2.19. The lowest BCUT2D eigenvalue weighted by Gasteiger charge is -2.11. The summed E-state index contributed by atoms with van der Waals surface area (Å²) in [5, 5.41) is 0.662. The van der Waals surface area contributed by atoms with Crippen LogP contribution in [-0.4, -0.2) is 41.4 Å². The molecular formula is C18H18ClN3O2. The maximum atomic E-state index is 12.3. The molecule has 0 saturated heterocycles. The molecule has 0 N–H and O–H groups in total. The summed E-state index contributed by atoms with van der Waals surface area (Å²) in [7, 11) is 5.10. The highest BCUT2D eigenvalue weighted by atomic mass is 35.5. The Hall–Kier alpha value is -2.53. The molecule has 0 aliphatic heterocycles. The number of halogens is 1. The van der Waals surface area contributed by atoms with Crippen molar-refractivity contribution in [1.82, 2.24) is 14.3 Å². The molecule has 0 atom stereocenters. The second-order valence-corrected chi connectivity index (χ2v) is 6.11. The highest BCUT2D eigenvalue weighted by molar-refractivity contribution is 6.30. The molecule has 124 valence electrons. The Labute approximate surface area is 145 Å². The van der Waals surface area contributed by atoms with Crippen molar-refractivity contribution in [3.63, 3.8) is 0 Å². The van der Waals surface area contributed by atoms with E-state index in [-0.39, 0.29) is 12.3 Å². The zero-order valence-electron chi connectivity index (χ0n) is 13.8. The normalized spacial score (nSPS) is 10.8. The maximum absolute atomic E-state index is 12.3. The van der Waals surface area contributed by atoms with Crippen LogP contribution in [0.4, 0.5) is 0 Å². The number of hydrogen-bond donors (Lipinski definition) is 0. The quantitative estimate of drug-likeness (QED) is 0.730. The van der Waals surface area contributed by atoms with E-state index >= 15 is 0 Å². The number of fused-ring (bicyclic) bond motifs is 1. The second-order valence-electron chi connectivity index (χ2n) is 5.68. The van der Waals surface area contributed by atoms with Gasteiger partial charge in [-0.2, -0.15) is 0 Å². The van der Waals surface area contributed by atoms with Gasteiger partial charge in [0.25, 0.3) is 0 Å². The molecule has 3 rings (SSSR count). The maximum Gasteiger partial charge on any atom is 0.228 e. The Morgan fingerprint density at radius 3 is 2.54 bits per heavy atom. The summed E-state index contributed by atoms with van der Waals surface area (Å²) in [5.74, 6) is 0.718. The number of carbonyl (C=O) groups is 1. The number of aromatic nitrogens is 2. The average molecular weight is 344 g/mol. The molecular weight excluding hydrogens is 326 g/mol. The van der Waals surface area contributed by atoms with E-state index in [2.05, 4.69) is 0 Å². The molecule has 0 fully saturated rings. The Kier molecular flexibility index (Phi) is 4.44. The average Bonchev–Trinajstić information content (AvgIpc) is 2.93. The minimum absolute atomic E-state index is 0.00911. The van der Waals surface area contributed by atoms with Crippen molar-refractivity contribution in [2.24, 2.45) is 0 Å². The predicted octanol–water partition coefficient (Wildman–Crippen LogP) is 3.29. The zero-order valence-corrected chi connectivity index (χ0v) is 14.5. The van der Waals surface area contributed by atoms with Gasteiger partial charge in [-0.05, 0) is 24.3 Å². The van der Waals surface area contributed by atoms with E-state index in [0.29, 0.717) is 10.8 Å². The Morgan fingerprint density at radius 2 is 1.92 bits per heavy atom. The lowest BCUT2D eigenvalue weighted by atomic mass is 10.1. The van der Waals surface area contributed by atoms with Crippen LogP contribution in [0.5, 0.6) is 5.75 Å². The first-order valence-electron chi connectivity index (χ1n) is 7.50. The van der Waals surface area contributed by atoms with Crippen LogP contribution in [-0.2, 0) is 11.2 Å². The van der Waals surface area contributed by atoms with Gasteiger partial charge in [0.1, 0.15) is 11.4 Å². The first-order valence-corrected chi connectivity index (χ1v) is 7.88. The fourth-order valence-electron chi connectivity index (χ4n) is 2.50. The molecule has 0 radical (unpaired) electrons. The standard InChI is InChI=1S/C18H18ClN3O2/c1-21(2)17(23)10-15-18(12-4-6-13(19)7-5-12)20-16-9-8-14(24-3)11-22(15)16/h4-9,11H,10H2,1-3H3. The van der Waals surface area contributed by atoms with Crippen LogP contribution in [0, 0.1) is 0 Å². The van der Waals surface area contributed by atoms with E-state index in [4.69, 9.17) is 21.3 Å². The third-order valence-electron chi connectivity index (χ3n) is 3.86. The molecule has 0 spiro atoms.